The van der Waals surface area contributed by atoms with Crippen LogP contribution in [0, 0.1) is 0 Å². The van der Waals surface area contributed by atoms with Gasteiger partial charge >= 0.3 is 0 Å². The first-order valence-electron chi connectivity index (χ1n) is 5.00. The molecule has 2 aliphatic rings. The summed E-state index contributed by atoms with van der Waals surface area (Å²) in [7, 11) is 0. The Bertz CT molecular complexity index is 161. The van der Waals surface area contributed by atoms with Crippen LogP contribution in [0.4, 0.5) is 8.78 Å². The molecular formula is C9H16F2N2. The van der Waals surface area contributed by atoms with E-state index in [1.807, 2.05) is 4.90 Å². The minimum atomic E-state index is -1.25. The monoisotopic (exact) mass is 190 g/mol. The normalized spacial score (nSPS) is 38.3. The summed E-state index contributed by atoms with van der Waals surface area (Å²) in [6.07, 6.45) is -0.455. The molecule has 2 atom stereocenters. The van der Waals surface area contributed by atoms with Crippen LogP contribution in [-0.4, -0.2) is 49.5 Å². The Hall–Kier alpha value is -0.220. The van der Waals surface area contributed by atoms with Gasteiger partial charge in [-0.25, -0.2) is 8.78 Å². The first-order chi connectivity index (χ1) is 6.27. The molecule has 2 heterocycles. The highest BCUT2D eigenvalue weighted by atomic mass is 19.2. The Balaban J connectivity index is 1.87. The zero-order valence-electron chi connectivity index (χ0n) is 7.68. The van der Waals surface area contributed by atoms with Gasteiger partial charge in [-0.3, -0.25) is 4.90 Å². The van der Waals surface area contributed by atoms with E-state index in [1.165, 1.54) is 0 Å². The average molecular weight is 190 g/mol. The van der Waals surface area contributed by atoms with Crippen molar-refractivity contribution in [2.45, 2.75) is 31.2 Å². The van der Waals surface area contributed by atoms with Crippen LogP contribution in [0.5, 0.6) is 0 Å². The summed E-state index contributed by atoms with van der Waals surface area (Å²) in [6.45, 7) is 2.56. The summed E-state index contributed by atoms with van der Waals surface area (Å²) in [5, 5.41) is 3.25. The summed E-state index contributed by atoms with van der Waals surface area (Å²) < 4.78 is 25.8. The van der Waals surface area contributed by atoms with Crippen molar-refractivity contribution in [1.29, 1.82) is 0 Å². The van der Waals surface area contributed by atoms with Crippen molar-refractivity contribution in [1.82, 2.24) is 10.2 Å². The molecule has 0 unspecified atom stereocenters. The lowest BCUT2D eigenvalue weighted by atomic mass is 10.1. The van der Waals surface area contributed by atoms with Gasteiger partial charge in [0.25, 0.3) is 0 Å². The molecule has 2 fully saturated rings. The van der Waals surface area contributed by atoms with Gasteiger partial charge in [-0.1, -0.05) is 0 Å². The zero-order valence-corrected chi connectivity index (χ0v) is 7.68. The van der Waals surface area contributed by atoms with E-state index >= 15 is 0 Å². The summed E-state index contributed by atoms with van der Waals surface area (Å²) in [5.74, 6) is 0. The zero-order chi connectivity index (χ0) is 9.26. The molecule has 13 heavy (non-hydrogen) atoms. The maximum absolute atomic E-state index is 12.9. The molecule has 0 aromatic carbocycles. The summed E-state index contributed by atoms with van der Waals surface area (Å²) in [6, 6.07) is 0.403. The molecular weight excluding hydrogens is 174 g/mol. The summed E-state index contributed by atoms with van der Waals surface area (Å²) in [5.41, 5.74) is 0. The van der Waals surface area contributed by atoms with E-state index in [-0.39, 0.29) is 0 Å². The SMILES string of the molecule is F[C@H]1CN(C2CCNCC2)C[C@@H]1F. The molecule has 0 aromatic rings. The van der Waals surface area contributed by atoms with Gasteiger partial charge in [-0.15, -0.1) is 0 Å². The van der Waals surface area contributed by atoms with E-state index in [4.69, 9.17) is 0 Å². The highest BCUT2D eigenvalue weighted by Crippen LogP contribution is 2.22. The fourth-order valence-electron chi connectivity index (χ4n) is 2.22. The Morgan fingerprint density at radius 2 is 1.54 bits per heavy atom. The molecule has 0 bridgehead atoms. The number of likely N-dealkylation sites (tertiary alicyclic amines) is 1. The number of alkyl halides is 2. The molecule has 4 heteroatoms. The van der Waals surface area contributed by atoms with Crippen LogP contribution in [-0.2, 0) is 0 Å². The second-order valence-electron chi connectivity index (χ2n) is 3.97. The number of hydrogen-bond donors (Lipinski definition) is 1. The Morgan fingerprint density at radius 1 is 1.00 bits per heavy atom. The third kappa shape index (κ3) is 1.99. The Labute approximate surface area is 77.3 Å². The number of piperidine rings is 1. The molecule has 2 nitrogen and oxygen atoms in total. The van der Waals surface area contributed by atoms with E-state index in [9.17, 15) is 8.78 Å². The Kier molecular flexibility index (Phi) is 2.79. The molecule has 2 rings (SSSR count). The molecule has 0 amide bonds. The molecule has 2 aliphatic heterocycles. The molecule has 0 aliphatic carbocycles. The average Bonchev–Trinajstić information content (AvgIpc) is 2.49. The minimum Gasteiger partial charge on any atom is -0.317 e. The highest BCUT2D eigenvalue weighted by Gasteiger charge is 2.36. The van der Waals surface area contributed by atoms with Crippen molar-refractivity contribution >= 4 is 0 Å². The van der Waals surface area contributed by atoms with E-state index in [0.717, 1.165) is 25.9 Å². The molecule has 2 saturated heterocycles. The van der Waals surface area contributed by atoms with Crippen molar-refractivity contribution in [2.24, 2.45) is 0 Å². The van der Waals surface area contributed by atoms with Gasteiger partial charge in [0.05, 0.1) is 0 Å². The summed E-state index contributed by atoms with van der Waals surface area (Å²) >= 11 is 0. The maximum atomic E-state index is 12.9. The molecule has 1 N–H and O–H groups in total. The van der Waals surface area contributed by atoms with Crippen LogP contribution in [0.2, 0.25) is 0 Å². The largest absolute Gasteiger partial charge is 0.317 e. The van der Waals surface area contributed by atoms with Gasteiger partial charge in [0.15, 0.2) is 0 Å². The predicted molar refractivity (Wildman–Crippen MR) is 47.3 cm³/mol. The Morgan fingerprint density at radius 3 is 2.08 bits per heavy atom. The van der Waals surface area contributed by atoms with E-state index < -0.39 is 12.3 Å². The van der Waals surface area contributed by atoms with Gasteiger partial charge in [0, 0.05) is 19.1 Å². The second-order valence-corrected chi connectivity index (χ2v) is 3.97. The molecule has 76 valence electrons. The lowest BCUT2D eigenvalue weighted by Gasteiger charge is -2.30. The third-order valence-electron chi connectivity index (χ3n) is 3.04. The highest BCUT2D eigenvalue weighted by molar-refractivity contribution is 4.89. The predicted octanol–water partition coefficient (Wildman–Crippen LogP) is 0.730. The number of rotatable bonds is 1. The number of halogens is 2. The van der Waals surface area contributed by atoms with Gasteiger partial charge in [-0.05, 0) is 25.9 Å². The lowest BCUT2D eigenvalue weighted by molar-refractivity contribution is 0.183. The minimum absolute atomic E-state index is 0.297. The topological polar surface area (TPSA) is 15.3 Å². The van der Waals surface area contributed by atoms with Gasteiger partial charge in [-0.2, -0.15) is 0 Å². The van der Waals surface area contributed by atoms with E-state index in [1.54, 1.807) is 0 Å². The fraction of sp³-hybridized carbons (Fsp3) is 1.00. The van der Waals surface area contributed by atoms with Crippen LogP contribution < -0.4 is 5.32 Å². The quantitative estimate of drug-likeness (QED) is 0.655. The van der Waals surface area contributed by atoms with Crippen molar-refractivity contribution < 1.29 is 8.78 Å². The number of nitrogens with one attached hydrogen (secondary N) is 1. The lowest BCUT2D eigenvalue weighted by Crippen LogP contribution is -2.42. The van der Waals surface area contributed by atoms with Crippen LogP contribution in [0.15, 0.2) is 0 Å². The second kappa shape index (κ2) is 3.88. The first-order valence-corrected chi connectivity index (χ1v) is 5.00. The standard InChI is InChI=1S/C9H16F2N2/c10-8-5-13(6-9(8)11)7-1-3-12-4-2-7/h7-9,12H,1-6H2/t8-,9-/m0/s1. The van der Waals surface area contributed by atoms with Crippen molar-refractivity contribution in [3.8, 4) is 0 Å². The molecule has 0 radical (unpaired) electrons. The number of nitrogens with zero attached hydrogens (tertiary/aromatic N) is 1. The van der Waals surface area contributed by atoms with Crippen LogP contribution >= 0.6 is 0 Å². The fourth-order valence-corrected chi connectivity index (χ4v) is 2.22. The first kappa shape index (κ1) is 9.34. The van der Waals surface area contributed by atoms with Crippen molar-refractivity contribution in [2.75, 3.05) is 26.2 Å². The van der Waals surface area contributed by atoms with Crippen LogP contribution in [0.25, 0.3) is 0 Å². The molecule has 0 spiro atoms. The van der Waals surface area contributed by atoms with Gasteiger partial charge in [0.1, 0.15) is 12.3 Å². The van der Waals surface area contributed by atoms with Gasteiger partial charge < -0.3 is 5.32 Å². The number of hydrogen-bond acceptors (Lipinski definition) is 2. The van der Waals surface area contributed by atoms with Crippen molar-refractivity contribution in [3.63, 3.8) is 0 Å². The van der Waals surface area contributed by atoms with Crippen LogP contribution in [0.1, 0.15) is 12.8 Å². The van der Waals surface area contributed by atoms with Crippen molar-refractivity contribution in [3.05, 3.63) is 0 Å². The molecule has 0 saturated carbocycles. The smallest absolute Gasteiger partial charge is 0.145 e. The van der Waals surface area contributed by atoms with Gasteiger partial charge in [0.2, 0.25) is 0 Å². The van der Waals surface area contributed by atoms with Crippen LogP contribution in [0.3, 0.4) is 0 Å². The van der Waals surface area contributed by atoms with E-state index in [0.29, 0.717) is 19.1 Å². The molecule has 0 aromatic heterocycles. The maximum Gasteiger partial charge on any atom is 0.145 e. The third-order valence-corrected chi connectivity index (χ3v) is 3.04. The van der Waals surface area contributed by atoms with E-state index in [2.05, 4.69) is 5.32 Å². The summed E-state index contributed by atoms with van der Waals surface area (Å²) in [4.78, 5) is 1.97.